The van der Waals surface area contributed by atoms with E-state index in [9.17, 15) is 9.50 Å². The number of rotatable bonds is 3. The highest BCUT2D eigenvalue weighted by molar-refractivity contribution is 6.33. The maximum Gasteiger partial charge on any atom is 0.149 e. The second-order valence-electron chi connectivity index (χ2n) is 4.15. The summed E-state index contributed by atoms with van der Waals surface area (Å²) in [6, 6.07) is 3.87. The van der Waals surface area contributed by atoms with E-state index in [-0.39, 0.29) is 12.3 Å². The summed E-state index contributed by atoms with van der Waals surface area (Å²) in [7, 11) is 0. The highest BCUT2D eigenvalue weighted by Gasteiger charge is 2.09. The minimum Gasteiger partial charge on any atom is -0.508 e. The number of phenolic OH excluding ortho intramolecular Hbond substituents is 1. The van der Waals surface area contributed by atoms with Crippen molar-refractivity contribution in [2.24, 2.45) is 0 Å². The molecule has 2 N–H and O–H groups in total. The first-order valence-corrected chi connectivity index (χ1v) is 6.07. The summed E-state index contributed by atoms with van der Waals surface area (Å²) in [5, 5.41) is 12.7. The third-order valence-corrected chi connectivity index (χ3v) is 3.06. The molecule has 1 aromatic heterocycles. The van der Waals surface area contributed by atoms with Crippen LogP contribution in [0, 0.1) is 19.7 Å². The fraction of sp³-hybridized carbons (Fsp3) is 0.231. The third-order valence-electron chi connectivity index (χ3n) is 2.60. The molecule has 1 heterocycles. The van der Waals surface area contributed by atoms with E-state index in [1.807, 2.05) is 0 Å². The van der Waals surface area contributed by atoms with Gasteiger partial charge in [-0.1, -0.05) is 11.6 Å². The van der Waals surface area contributed by atoms with Gasteiger partial charge in [-0.2, -0.15) is 0 Å². The second kappa shape index (κ2) is 5.40. The molecule has 0 atom stereocenters. The summed E-state index contributed by atoms with van der Waals surface area (Å²) in [6.07, 6.45) is 0. The number of aryl methyl sites for hydroxylation is 2. The molecular weight excluding hydrogens is 269 g/mol. The van der Waals surface area contributed by atoms with Crippen LogP contribution in [-0.2, 0) is 6.54 Å². The highest BCUT2D eigenvalue weighted by Crippen LogP contribution is 2.23. The fourth-order valence-corrected chi connectivity index (χ4v) is 1.84. The minimum absolute atomic E-state index is 0.0133. The Morgan fingerprint density at radius 3 is 2.79 bits per heavy atom. The van der Waals surface area contributed by atoms with Gasteiger partial charge in [-0.05, 0) is 32.0 Å². The molecule has 19 heavy (non-hydrogen) atoms. The molecule has 0 radical (unpaired) electrons. The molecule has 0 aliphatic heterocycles. The zero-order chi connectivity index (χ0) is 14.0. The van der Waals surface area contributed by atoms with E-state index < -0.39 is 5.82 Å². The first-order chi connectivity index (χ1) is 8.97. The molecule has 0 saturated heterocycles. The zero-order valence-corrected chi connectivity index (χ0v) is 11.3. The van der Waals surface area contributed by atoms with Gasteiger partial charge in [0.2, 0.25) is 0 Å². The second-order valence-corrected chi connectivity index (χ2v) is 4.53. The molecule has 0 aliphatic rings. The zero-order valence-electron chi connectivity index (χ0n) is 10.5. The van der Waals surface area contributed by atoms with Crippen LogP contribution in [0.1, 0.15) is 17.1 Å². The molecule has 0 unspecified atom stereocenters. The van der Waals surface area contributed by atoms with E-state index in [1.54, 1.807) is 13.8 Å². The van der Waals surface area contributed by atoms with Crippen molar-refractivity contribution >= 4 is 17.4 Å². The lowest BCUT2D eigenvalue weighted by atomic mass is 10.2. The van der Waals surface area contributed by atoms with Gasteiger partial charge in [0, 0.05) is 12.1 Å². The molecule has 0 fully saturated rings. The maximum atomic E-state index is 13.5. The Hall–Kier alpha value is -1.88. The third kappa shape index (κ3) is 3.12. The molecule has 0 bridgehead atoms. The Labute approximate surface area is 115 Å². The van der Waals surface area contributed by atoms with Gasteiger partial charge >= 0.3 is 0 Å². The molecule has 0 saturated carbocycles. The standard InChI is InChI=1S/C13H13ClFN3O/c1-7-12(14)13(18-8(2)17-7)16-6-9-5-10(19)3-4-11(9)15/h3-5,19H,6H2,1-2H3,(H,16,17,18). The molecule has 1 aromatic carbocycles. The number of halogens is 2. The lowest BCUT2D eigenvalue weighted by Gasteiger charge is -2.10. The normalized spacial score (nSPS) is 10.5. The topological polar surface area (TPSA) is 58.0 Å². The predicted octanol–water partition coefficient (Wildman–Crippen LogP) is 3.20. The van der Waals surface area contributed by atoms with Crippen LogP contribution < -0.4 is 5.32 Å². The van der Waals surface area contributed by atoms with Gasteiger partial charge in [-0.25, -0.2) is 14.4 Å². The van der Waals surface area contributed by atoms with Crippen LogP contribution in [0.3, 0.4) is 0 Å². The van der Waals surface area contributed by atoms with E-state index in [0.717, 1.165) is 0 Å². The molecule has 2 aromatic rings. The summed E-state index contributed by atoms with van der Waals surface area (Å²) < 4.78 is 13.5. The predicted molar refractivity (Wildman–Crippen MR) is 71.9 cm³/mol. The first-order valence-electron chi connectivity index (χ1n) is 5.69. The Kier molecular flexibility index (Phi) is 3.85. The lowest BCUT2D eigenvalue weighted by Crippen LogP contribution is -2.06. The van der Waals surface area contributed by atoms with Crippen molar-refractivity contribution in [3.63, 3.8) is 0 Å². The highest BCUT2D eigenvalue weighted by atomic mass is 35.5. The molecule has 4 nitrogen and oxygen atoms in total. The van der Waals surface area contributed by atoms with Crippen molar-refractivity contribution in [2.45, 2.75) is 20.4 Å². The van der Waals surface area contributed by atoms with E-state index in [0.29, 0.717) is 27.9 Å². The van der Waals surface area contributed by atoms with Crippen LogP contribution >= 0.6 is 11.6 Å². The number of hydrogen-bond acceptors (Lipinski definition) is 4. The molecule has 100 valence electrons. The number of aromatic nitrogens is 2. The quantitative estimate of drug-likeness (QED) is 0.907. The summed E-state index contributed by atoms with van der Waals surface area (Å²) in [6.45, 7) is 3.70. The van der Waals surface area contributed by atoms with Crippen molar-refractivity contribution in [1.29, 1.82) is 0 Å². The Balaban J connectivity index is 2.21. The van der Waals surface area contributed by atoms with Crippen LogP contribution in [0.5, 0.6) is 5.75 Å². The number of phenols is 1. The Morgan fingerprint density at radius 2 is 2.05 bits per heavy atom. The number of aromatic hydroxyl groups is 1. The average molecular weight is 282 g/mol. The average Bonchev–Trinajstić information content (AvgIpc) is 2.35. The van der Waals surface area contributed by atoms with Gasteiger partial charge in [-0.3, -0.25) is 0 Å². The number of hydrogen-bond donors (Lipinski definition) is 2. The number of nitrogens with one attached hydrogen (secondary N) is 1. The van der Waals surface area contributed by atoms with Crippen molar-refractivity contribution in [3.8, 4) is 5.75 Å². The molecule has 0 spiro atoms. The van der Waals surface area contributed by atoms with Crippen LogP contribution in [0.15, 0.2) is 18.2 Å². The van der Waals surface area contributed by atoms with E-state index in [2.05, 4.69) is 15.3 Å². The van der Waals surface area contributed by atoms with Gasteiger partial charge in [0.1, 0.15) is 28.2 Å². The van der Waals surface area contributed by atoms with Gasteiger partial charge in [0.05, 0.1) is 5.69 Å². The number of benzene rings is 1. The van der Waals surface area contributed by atoms with Gasteiger partial charge < -0.3 is 10.4 Å². The fourth-order valence-electron chi connectivity index (χ4n) is 1.69. The van der Waals surface area contributed by atoms with E-state index in [1.165, 1.54) is 18.2 Å². The monoisotopic (exact) mass is 281 g/mol. The number of anilines is 1. The van der Waals surface area contributed by atoms with E-state index >= 15 is 0 Å². The molecular formula is C13H13ClFN3O. The summed E-state index contributed by atoms with van der Waals surface area (Å²) in [5.74, 6) is 0.651. The lowest BCUT2D eigenvalue weighted by molar-refractivity contribution is 0.471. The van der Waals surface area contributed by atoms with Crippen molar-refractivity contribution in [2.75, 3.05) is 5.32 Å². The Morgan fingerprint density at radius 1 is 1.32 bits per heavy atom. The van der Waals surface area contributed by atoms with Crippen molar-refractivity contribution < 1.29 is 9.50 Å². The molecule has 2 rings (SSSR count). The largest absolute Gasteiger partial charge is 0.508 e. The number of nitrogens with zero attached hydrogens (tertiary/aromatic N) is 2. The summed E-state index contributed by atoms with van der Waals surface area (Å²) in [4.78, 5) is 8.28. The van der Waals surface area contributed by atoms with Crippen LogP contribution in [0.4, 0.5) is 10.2 Å². The van der Waals surface area contributed by atoms with Crippen molar-refractivity contribution in [3.05, 3.63) is 46.1 Å². The van der Waals surface area contributed by atoms with Gasteiger partial charge in [0.25, 0.3) is 0 Å². The minimum atomic E-state index is -0.399. The Bertz CT molecular complexity index is 619. The first kappa shape index (κ1) is 13.5. The van der Waals surface area contributed by atoms with Crippen LogP contribution in [-0.4, -0.2) is 15.1 Å². The smallest absolute Gasteiger partial charge is 0.149 e. The SMILES string of the molecule is Cc1nc(C)c(Cl)c(NCc2cc(O)ccc2F)n1. The van der Waals surface area contributed by atoms with Crippen molar-refractivity contribution in [1.82, 2.24) is 9.97 Å². The summed E-state index contributed by atoms with van der Waals surface area (Å²) >= 11 is 6.07. The molecule has 0 amide bonds. The van der Waals surface area contributed by atoms with Gasteiger partial charge in [-0.15, -0.1) is 0 Å². The maximum absolute atomic E-state index is 13.5. The van der Waals surface area contributed by atoms with E-state index in [4.69, 9.17) is 11.6 Å². The summed E-state index contributed by atoms with van der Waals surface area (Å²) in [5.41, 5.74) is 0.998. The van der Waals surface area contributed by atoms with Crippen LogP contribution in [0.25, 0.3) is 0 Å². The molecule has 0 aliphatic carbocycles. The van der Waals surface area contributed by atoms with Crippen LogP contribution in [0.2, 0.25) is 5.02 Å². The molecule has 6 heteroatoms. The van der Waals surface area contributed by atoms with Gasteiger partial charge in [0.15, 0.2) is 0 Å².